The zero-order chi connectivity index (χ0) is 15.3. The van der Waals surface area contributed by atoms with E-state index >= 15 is 0 Å². The Morgan fingerprint density at radius 3 is 2.33 bits per heavy atom. The van der Waals surface area contributed by atoms with Gasteiger partial charge in [0.15, 0.2) is 0 Å². The Bertz CT molecular complexity index is 303. The first-order valence-electron chi connectivity index (χ1n) is 9.44. The number of rotatable bonds is 7. The summed E-state index contributed by atoms with van der Waals surface area (Å²) in [7, 11) is 0. The van der Waals surface area contributed by atoms with Gasteiger partial charge in [-0.05, 0) is 50.4 Å². The lowest BCUT2D eigenvalue weighted by Crippen LogP contribution is -2.40. The van der Waals surface area contributed by atoms with Gasteiger partial charge in [0.1, 0.15) is 0 Å². The van der Waals surface area contributed by atoms with E-state index in [1.165, 1.54) is 64.2 Å². The average Bonchev–Trinajstić information content (AvgIpc) is 2.86. The molecule has 0 aromatic carbocycles. The van der Waals surface area contributed by atoms with Crippen LogP contribution in [0.5, 0.6) is 0 Å². The van der Waals surface area contributed by atoms with Gasteiger partial charge in [0.05, 0.1) is 11.7 Å². The van der Waals surface area contributed by atoms with Crippen LogP contribution in [0.3, 0.4) is 0 Å². The second kappa shape index (κ2) is 7.46. The van der Waals surface area contributed by atoms with Crippen LogP contribution < -0.4 is 5.32 Å². The van der Waals surface area contributed by atoms with E-state index in [1.807, 2.05) is 0 Å². The predicted molar refractivity (Wildman–Crippen MR) is 90.7 cm³/mol. The van der Waals surface area contributed by atoms with Crippen molar-refractivity contribution < 1.29 is 4.74 Å². The molecule has 1 aliphatic heterocycles. The molecule has 2 aliphatic rings. The third-order valence-electron chi connectivity index (χ3n) is 6.15. The highest BCUT2D eigenvalue weighted by Gasteiger charge is 2.43. The van der Waals surface area contributed by atoms with Gasteiger partial charge >= 0.3 is 0 Å². The van der Waals surface area contributed by atoms with Gasteiger partial charge in [-0.3, -0.25) is 0 Å². The first-order chi connectivity index (χ1) is 10.0. The molecule has 0 aromatic heterocycles. The molecule has 1 saturated carbocycles. The molecule has 2 fully saturated rings. The topological polar surface area (TPSA) is 21.3 Å². The van der Waals surface area contributed by atoms with Gasteiger partial charge in [0, 0.05) is 12.6 Å². The van der Waals surface area contributed by atoms with Crippen molar-refractivity contribution in [3.05, 3.63) is 0 Å². The normalized spacial score (nSPS) is 25.9. The summed E-state index contributed by atoms with van der Waals surface area (Å²) in [5, 5.41) is 3.68. The standard InChI is InChI=1S/C19H37NO/c1-5-18(6-2,15-20-16(3)4)14-17-10-13-19(21-17)11-8-7-9-12-19/h16-17,20H,5-15H2,1-4H3. The summed E-state index contributed by atoms with van der Waals surface area (Å²) in [4.78, 5) is 0. The molecule has 2 nitrogen and oxygen atoms in total. The lowest BCUT2D eigenvalue weighted by Gasteiger charge is -2.37. The molecule has 2 rings (SSSR count). The van der Waals surface area contributed by atoms with E-state index in [-0.39, 0.29) is 5.60 Å². The van der Waals surface area contributed by atoms with E-state index in [4.69, 9.17) is 4.74 Å². The van der Waals surface area contributed by atoms with E-state index in [2.05, 4.69) is 33.0 Å². The highest BCUT2D eigenvalue weighted by atomic mass is 16.5. The summed E-state index contributed by atoms with van der Waals surface area (Å²) in [6, 6.07) is 0.580. The van der Waals surface area contributed by atoms with E-state index in [0.717, 1.165) is 6.54 Å². The Hall–Kier alpha value is -0.0800. The van der Waals surface area contributed by atoms with Crippen molar-refractivity contribution >= 4 is 0 Å². The van der Waals surface area contributed by atoms with E-state index in [1.54, 1.807) is 0 Å². The van der Waals surface area contributed by atoms with E-state index in [0.29, 0.717) is 17.6 Å². The molecule has 1 unspecified atom stereocenters. The van der Waals surface area contributed by atoms with Crippen molar-refractivity contribution in [1.29, 1.82) is 0 Å². The molecular formula is C19H37NO. The van der Waals surface area contributed by atoms with Crippen LogP contribution in [0.2, 0.25) is 0 Å². The summed E-state index contributed by atoms with van der Waals surface area (Å²) < 4.78 is 6.63. The average molecular weight is 296 g/mol. The molecule has 1 atom stereocenters. The molecule has 124 valence electrons. The maximum Gasteiger partial charge on any atom is 0.0687 e. The maximum absolute atomic E-state index is 6.63. The minimum Gasteiger partial charge on any atom is -0.372 e. The maximum atomic E-state index is 6.63. The molecule has 1 aliphatic carbocycles. The molecule has 2 heteroatoms. The fourth-order valence-electron chi connectivity index (χ4n) is 4.37. The summed E-state index contributed by atoms with van der Waals surface area (Å²) in [5.41, 5.74) is 0.705. The SMILES string of the molecule is CCC(CC)(CNC(C)C)CC1CCC2(CCCCC2)O1. The van der Waals surface area contributed by atoms with Crippen LogP contribution in [-0.4, -0.2) is 24.3 Å². The summed E-state index contributed by atoms with van der Waals surface area (Å²) in [6.07, 6.45) is 13.7. The minimum atomic E-state index is 0.279. The van der Waals surface area contributed by atoms with Crippen molar-refractivity contribution in [3.8, 4) is 0 Å². The van der Waals surface area contributed by atoms with Gasteiger partial charge < -0.3 is 10.1 Å². The second-order valence-electron chi connectivity index (χ2n) is 7.97. The van der Waals surface area contributed by atoms with Crippen LogP contribution in [0.25, 0.3) is 0 Å². The van der Waals surface area contributed by atoms with E-state index < -0.39 is 0 Å². The Balaban J connectivity index is 1.91. The molecule has 0 bridgehead atoms. The molecule has 1 N–H and O–H groups in total. The molecule has 21 heavy (non-hydrogen) atoms. The smallest absolute Gasteiger partial charge is 0.0687 e. The Morgan fingerprint density at radius 1 is 1.10 bits per heavy atom. The van der Waals surface area contributed by atoms with E-state index in [9.17, 15) is 0 Å². The van der Waals surface area contributed by atoms with Gasteiger partial charge in [-0.25, -0.2) is 0 Å². The summed E-state index contributed by atoms with van der Waals surface area (Å²) in [5.74, 6) is 0. The zero-order valence-corrected chi connectivity index (χ0v) is 14.8. The van der Waals surface area contributed by atoms with Gasteiger partial charge in [0.2, 0.25) is 0 Å². The Kier molecular flexibility index (Phi) is 6.14. The fraction of sp³-hybridized carbons (Fsp3) is 1.00. The van der Waals surface area contributed by atoms with Crippen LogP contribution in [0, 0.1) is 5.41 Å². The highest BCUT2D eigenvalue weighted by Crippen LogP contribution is 2.45. The number of hydrogen-bond acceptors (Lipinski definition) is 2. The van der Waals surface area contributed by atoms with Crippen molar-refractivity contribution in [2.45, 2.75) is 110 Å². The molecule has 1 heterocycles. The van der Waals surface area contributed by atoms with Gasteiger partial charge in [-0.1, -0.05) is 47.0 Å². The number of ether oxygens (including phenoxy) is 1. The quantitative estimate of drug-likeness (QED) is 0.708. The van der Waals surface area contributed by atoms with Crippen molar-refractivity contribution in [3.63, 3.8) is 0 Å². The Morgan fingerprint density at radius 2 is 1.76 bits per heavy atom. The molecule has 1 spiro atoms. The van der Waals surface area contributed by atoms with Crippen molar-refractivity contribution in [1.82, 2.24) is 5.32 Å². The molecule has 1 saturated heterocycles. The first-order valence-corrected chi connectivity index (χ1v) is 9.44. The molecule has 0 amide bonds. The minimum absolute atomic E-state index is 0.279. The van der Waals surface area contributed by atoms with Gasteiger partial charge in [-0.2, -0.15) is 0 Å². The third kappa shape index (κ3) is 4.45. The van der Waals surface area contributed by atoms with Gasteiger partial charge in [0.25, 0.3) is 0 Å². The second-order valence-corrected chi connectivity index (χ2v) is 7.97. The summed E-state index contributed by atoms with van der Waals surface area (Å²) in [6.45, 7) is 10.4. The number of nitrogens with one attached hydrogen (secondary N) is 1. The van der Waals surface area contributed by atoms with Crippen LogP contribution >= 0.6 is 0 Å². The molecule has 0 radical (unpaired) electrons. The summed E-state index contributed by atoms with van der Waals surface area (Å²) >= 11 is 0. The van der Waals surface area contributed by atoms with Gasteiger partial charge in [-0.15, -0.1) is 0 Å². The fourth-order valence-corrected chi connectivity index (χ4v) is 4.37. The predicted octanol–water partition coefficient (Wildman–Crippen LogP) is 5.06. The highest BCUT2D eigenvalue weighted by molar-refractivity contribution is 4.94. The van der Waals surface area contributed by atoms with Crippen molar-refractivity contribution in [2.24, 2.45) is 5.41 Å². The third-order valence-corrected chi connectivity index (χ3v) is 6.15. The first kappa shape index (κ1) is 17.3. The molecule has 0 aromatic rings. The largest absolute Gasteiger partial charge is 0.372 e. The van der Waals surface area contributed by atoms with Crippen LogP contribution in [0.15, 0.2) is 0 Å². The zero-order valence-electron chi connectivity index (χ0n) is 14.8. The van der Waals surface area contributed by atoms with Crippen LogP contribution in [-0.2, 0) is 4.74 Å². The lowest BCUT2D eigenvalue weighted by molar-refractivity contribution is -0.0778. The van der Waals surface area contributed by atoms with Crippen molar-refractivity contribution in [2.75, 3.05) is 6.54 Å². The van der Waals surface area contributed by atoms with Crippen LogP contribution in [0.4, 0.5) is 0 Å². The molecular weight excluding hydrogens is 258 g/mol. The van der Waals surface area contributed by atoms with Crippen LogP contribution in [0.1, 0.15) is 91.9 Å². The number of hydrogen-bond donors (Lipinski definition) is 1. The Labute approximate surface area is 132 Å². The monoisotopic (exact) mass is 295 g/mol. The lowest BCUT2D eigenvalue weighted by atomic mass is 9.76.